The summed E-state index contributed by atoms with van der Waals surface area (Å²) < 4.78 is 0. The molecule has 1 aromatic carbocycles. The molecule has 1 aromatic heterocycles. The van der Waals surface area contributed by atoms with Crippen LogP contribution < -0.4 is 10.2 Å². The Bertz CT molecular complexity index is 599. The number of benzene rings is 1. The van der Waals surface area contributed by atoms with Gasteiger partial charge in [0.25, 0.3) is 0 Å². The maximum Gasteiger partial charge on any atom is 0.0768 e. The first-order valence-corrected chi connectivity index (χ1v) is 7.07. The maximum absolute atomic E-state index is 6.06. The Balaban J connectivity index is 2.23. The minimum atomic E-state index is 0.104. The van der Waals surface area contributed by atoms with E-state index in [9.17, 15) is 0 Å². The number of halogens is 2. The fourth-order valence-corrected chi connectivity index (χ4v) is 2.29. The van der Waals surface area contributed by atoms with Gasteiger partial charge in [0.05, 0.1) is 27.6 Å². The predicted octanol–water partition coefficient (Wildman–Crippen LogP) is 4.63. The second-order valence-electron chi connectivity index (χ2n) is 4.83. The number of pyridine rings is 1. The van der Waals surface area contributed by atoms with Crippen LogP contribution in [0.3, 0.4) is 0 Å². The first-order chi connectivity index (χ1) is 9.49. The van der Waals surface area contributed by atoms with Crippen molar-refractivity contribution >= 4 is 34.6 Å². The number of aromatic nitrogens is 1. The van der Waals surface area contributed by atoms with Crippen molar-refractivity contribution in [1.82, 2.24) is 4.98 Å². The lowest BCUT2D eigenvalue weighted by Gasteiger charge is -2.21. The Morgan fingerprint density at radius 2 is 1.90 bits per heavy atom. The minimum absolute atomic E-state index is 0.104. The summed E-state index contributed by atoms with van der Waals surface area (Å²) in [6.07, 6.45) is 3.60. The minimum Gasteiger partial charge on any atom is -0.376 e. The molecule has 0 aliphatic heterocycles. The Morgan fingerprint density at radius 1 is 1.15 bits per heavy atom. The van der Waals surface area contributed by atoms with Gasteiger partial charge in [-0.2, -0.15) is 0 Å². The quantitative estimate of drug-likeness (QED) is 0.892. The second-order valence-corrected chi connectivity index (χ2v) is 5.64. The van der Waals surface area contributed by atoms with Gasteiger partial charge in [0.2, 0.25) is 0 Å². The van der Waals surface area contributed by atoms with E-state index in [1.165, 1.54) is 0 Å². The zero-order valence-electron chi connectivity index (χ0n) is 11.7. The lowest BCUT2D eigenvalue weighted by atomic mass is 10.1. The summed E-state index contributed by atoms with van der Waals surface area (Å²) in [5.41, 5.74) is 3.15. The van der Waals surface area contributed by atoms with Crippen molar-refractivity contribution in [3.05, 3.63) is 52.3 Å². The fraction of sp³-hybridized carbons (Fsp3) is 0.267. The average Bonchev–Trinajstić information content (AvgIpc) is 2.42. The predicted molar refractivity (Wildman–Crippen MR) is 87.1 cm³/mol. The molecule has 0 radical (unpaired) electrons. The van der Waals surface area contributed by atoms with E-state index in [-0.39, 0.29) is 6.04 Å². The van der Waals surface area contributed by atoms with E-state index in [0.29, 0.717) is 10.0 Å². The molecule has 0 amide bonds. The molecule has 0 saturated carbocycles. The van der Waals surface area contributed by atoms with Crippen LogP contribution in [-0.2, 0) is 0 Å². The standard InChI is InChI=1S/C15H17Cl2N3/c1-10(11-4-5-12(16)13(17)8-11)19-14-9-18-7-6-15(14)20(2)3/h4-10,19H,1-3H3. The van der Waals surface area contributed by atoms with Crippen molar-refractivity contribution in [3.63, 3.8) is 0 Å². The number of anilines is 2. The Morgan fingerprint density at radius 3 is 2.55 bits per heavy atom. The molecule has 0 aliphatic rings. The van der Waals surface area contributed by atoms with E-state index >= 15 is 0 Å². The average molecular weight is 310 g/mol. The number of nitrogens with one attached hydrogen (secondary N) is 1. The molecule has 1 heterocycles. The molecule has 0 bridgehead atoms. The van der Waals surface area contributed by atoms with E-state index in [4.69, 9.17) is 23.2 Å². The monoisotopic (exact) mass is 309 g/mol. The first kappa shape index (κ1) is 14.9. The third-order valence-corrected chi connectivity index (χ3v) is 3.83. The molecule has 5 heteroatoms. The largest absolute Gasteiger partial charge is 0.376 e. The number of nitrogens with zero attached hydrogens (tertiary/aromatic N) is 2. The molecular formula is C15H17Cl2N3. The lowest BCUT2D eigenvalue weighted by Crippen LogP contribution is -2.14. The van der Waals surface area contributed by atoms with Crippen molar-refractivity contribution in [2.75, 3.05) is 24.3 Å². The SMILES string of the molecule is CC(Nc1cnccc1N(C)C)c1ccc(Cl)c(Cl)c1. The molecule has 0 aliphatic carbocycles. The van der Waals surface area contributed by atoms with Gasteiger partial charge in [0, 0.05) is 26.3 Å². The lowest BCUT2D eigenvalue weighted by molar-refractivity contribution is 0.881. The normalized spacial score (nSPS) is 12.1. The van der Waals surface area contributed by atoms with Crippen molar-refractivity contribution in [1.29, 1.82) is 0 Å². The Kier molecular flexibility index (Phi) is 4.73. The highest BCUT2D eigenvalue weighted by Gasteiger charge is 2.11. The zero-order chi connectivity index (χ0) is 14.7. The van der Waals surface area contributed by atoms with E-state index in [1.807, 2.05) is 49.5 Å². The van der Waals surface area contributed by atoms with Crippen LogP contribution in [0.2, 0.25) is 10.0 Å². The highest BCUT2D eigenvalue weighted by molar-refractivity contribution is 6.42. The van der Waals surface area contributed by atoms with Crippen LogP contribution in [0.25, 0.3) is 0 Å². The van der Waals surface area contributed by atoms with Gasteiger partial charge >= 0.3 is 0 Å². The van der Waals surface area contributed by atoms with E-state index in [2.05, 4.69) is 17.2 Å². The van der Waals surface area contributed by atoms with Crippen LogP contribution in [0.15, 0.2) is 36.7 Å². The molecule has 0 spiro atoms. The molecule has 2 rings (SSSR count). The Hall–Kier alpha value is -1.45. The summed E-state index contributed by atoms with van der Waals surface area (Å²) in [4.78, 5) is 6.22. The molecule has 1 N–H and O–H groups in total. The number of rotatable bonds is 4. The fourth-order valence-electron chi connectivity index (χ4n) is 1.99. The summed E-state index contributed by atoms with van der Waals surface area (Å²) in [6.45, 7) is 2.08. The third-order valence-electron chi connectivity index (χ3n) is 3.10. The molecule has 106 valence electrons. The van der Waals surface area contributed by atoms with E-state index < -0.39 is 0 Å². The van der Waals surface area contributed by atoms with Gasteiger partial charge in [-0.3, -0.25) is 4.98 Å². The van der Waals surface area contributed by atoms with Gasteiger partial charge in [-0.15, -0.1) is 0 Å². The van der Waals surface area contributed by atoms with Gasteiger partial charge in [-0.1, -0.05) is 29.3 Å². The summed E-state index contributed by atoms with van der Waals surface area (Å²) in [5, 5.41) is 4.58. The Labute approximate surface area is 129 Å². The van der Waals surface area contributed by atoms with Gasteiger partial charge in [-0.25, -0.2) is 0 Å². The van der Waals surface area contributed by atoms with Crippen molar-refractivity contribution in [2.45, 2.75) is 13.0 Å². The van der Waals surface area contributed by atoms with Crippen LogP contribution in [0.4, 0.5) is 11.4 Å². The van der Waals surface area contributed by atoms with Crippen molar-refractivity contribution in [3.8, 4) is 0 Å². The van der Waals surface area contributed by atoms with Crippen LogP contribution in [-0.4, -0.2) is 19.1 Å². The van der Waals surface area contributed by atoms with Crippen molar-refractivity contribution in [2.24, 2.45) is 0 Å². The molecule has 2 aromatic rings. The highest BCUT2D eigenvalue weighted by atomic mass is 35.5. The molecule has 3 nitrogen and oxygen atoms in total. The van der Waals surface area contributed by atoms with Gasteiger partial charge in [0.1, 0.15) is 0 Å². The zero-order valence-corrected chi connectivity index (χ0v) is 13.2. The second kappa shape index (κ2) is 6.33. The summed E-state index contributed by atoms with van der Waals surface area (Å²) in [5.74, 6) is 0. The molecule has 1 unspecified atom stereocenters. The third kappa shape index (κ3) is 3.35. The highest BCUT2D eigenvalue weighted by Crippen LogP contribution is 2.30. The van der Waals surface area contributed by atoms with Gasteiger partial charge in [0.15, 0.2) is 0 Å². The summed E-state index contributed by atoms with van der Waals surface area (Å²) in [6, 6.07) is 7.75. The molecule has 0 fully saturated rings. The van der Waals surface area contributed by atoms with Crippen LogP contribution in [0, 0.1) is 0 Å². The van der Waals surface area contributed by atoms with Gasteiger partial charge in [-0.05, 0) is 30.7 Å². The molecular weight excluding hydrogens is 293 g/mol. The van der Waals surface area contributed by atoms with E-state index in [0.717, 1.165) is 16.9 Å². The molecule has 1 atom stereocenters. The van der Waals surface area contributed by atoms with Crippen LogP contribution >= 0.6 is 23.2 Å². The topological polar surface area (TPSA) is 28.2 Å². The first-order valence-electron chi connectivity index (χ1n) is 6.32. The molecule has 0 saturated heterocycles. The number of hydrogen-bond acceptors (Lipinski definition) is 3. The number of hydrogen-bond donors (Lipinski definition) is 1. The summed E-state index contributed by atoms with van der Waals surface area (Å²) in [7, 11) is 4.01. The van der Waals surface area contributed by atoms with E-state index in [1.54, 1.807) is 6.20 Å². The maximum atomic E-state index is 6.06. The van der Waals surface area contributed by atoms with Gasteiger partial charge < -0.3 is 10.2 Å². The van der Waals surface area contributed by atoms with Crippen molar-refractivity contribution < 1.29 is 0 Å². The smallest absolute Gasteiger partial charge is 0.0768 e. The summed E-state index contributed by atoms with van der Waals surface area (Å²) >= 11 is 12.0. The van der Waals surface area contributed by atoms with Crippen LogP contribution in [0.1, 0.15) is 18.5 Å². The van der Waals surface area contributed by atoms with Crippen LogP contribution in [0.5, 0.6) is 0 Å². The molecule has 20 heavy (non-hydrogen) atoms.